The molecule has 2 rings (SSSR count). The number of hydrogen-bond donors (Lipinski definition) is 0. The van der Waals surface area contributed by atoms with Crippen molar-refractivity contribution in [3.8, 4) is 0 Å². The average molecular weight is 144 g/mol. The minimum absolute atomic E-state index is 0.193. The topological polar surface area (TPSA) is 12.4 Å². The van der Waals surface area contributed by atoms with Crippen LogP contribution in [0.4, 0.5) is 0 Å². The Kier molecular flexibility index (Phi) is 1.27. The molecule has 0 amide bonds. The van der Waals surface area contributed by atoms with E-state index in [0.29, 0.717) is 0 Å². The second kappa shape index (κ2) is 2.25. The van der Waals surface area contributed by atoms with Crippen molar-refractivity contribution in [2.45, 2.75) is 0 Å². The van der Waals surface area contributed by atoms with Gasteiger partial charge in [0.25, 0.3) is 9.13 Å². The van der Waals surface area contributed by atoms with Gasteiger partial charge in [0.05, 0.1) is 5.80 Å². The molecule has 0 saturated carbocycles. The van der Waals surface area contributed by atoms with E-state index in [9.17, 15) is 0 Å². The molecule has 1 nitrogen and oxygen atoms in total. The van der Waals surface area contributed by atoms with Crippen LogP contribution in [-0.4, -0.2) is 14.9 Å². The molecule has 0 unspecified atom stereocenters. The molecule has 46 valence electrons. The molecule has 0 atom stereocenters. The second-order valence-electron chi connectivity index (χ2n) is 2.13. The molecule has 0 N–H and O–H groups in total. The van der Waals surface area contributed by atoms with Crippen LogP contribution in [0.2, 0.25) is 0 Å². The molecule has 0 radical (unpaired) electrons. The van der Waals surface area contributed by atoms with Crippen LogP contribution in [-0.2, 0) is 0 Å². The summed E-state index contributed by atoms with van der Waals surface area (Å²) in [5, 5.41) is 2.32. The van der Waals surface area contributed by atoms with Crippen molar-refractivity contribution in [3.63, 3.8) is 0 Å². The smallest absolute Gasteiger partial charge is 0.0778 e. The van der Waals surface area contributed by atoms with Crippen molar-refractivity contribution in [2.24, 2.45) is 4.99 Å². The summed E-state index contributed by atoms with van der Waals surface area (Å²) in [4.78, 5) is 4.15. The zero-order valence-electron chi connectivity index (χ0n) is 5.41. The van der Waals surface area contributed by atoms with E-state index in [-0.39, 0.29) is 9.13 Å². The lowest BCUT2D eigenvalue weighted by atomic mass is 10.3. The van der Waals surface area contributed by atoms with Crippen molar-refractivity contribution in [1.29, 1.82) is 0 Å². The highest BCUT2D eigenvalue weighted by atomic mass is 28.2. The van der Waals surface area contributed by atoms with E-state index in [1.807, 2.05) is 18.2 Å². The van der Waals surface area contributed by atoms with Gasteiger partial charge in [-0.1, -0.05) is 11.1 Å². The van der Waals surface area contributed by atoms with E-state index in [2.05, 4.69) is 22.6 Å². The lowest BCUT2D eigenvalue weighted by Gasteiger charge is -1.80. The number of benzene rings is 1. The number of para-hydroxylation sites is 1. The molecule has 1 heterocycles. The van der Waals surface area contributed by atoms with Crippen LogP contribution in [0.5, 0.6) is 0 Å². The van der Waals surface area contributed by atoms with Gasteiger partial charge in [-0.2, -0.15) is 0 Å². The zero-order valence-corrected chi connectivity index (χ0v) is 6.57. The first-order valence-electron chi connectivity index (χ1n) is 3.19. The first-order chi connectivity index (χ1) is 4.97. The summed E-state index contributed by atoms with van der Waals surface area (Å²) < 4.78 is 0. The van der Waals surface area contributed by atoms with Crippen molar-refractivity contribution in [2.75, 3.05) is 0 Å². The summed E-state index contributed by atoms with van der Waals surface area (Å²) in [6.45, 7) is 0. The van der Waals surface area contributed by atoms with Crippen LogP contribution in [0.25, 0.3) is 5.70 Å². The van der Waals surface area contributed by atoms with E-state index in [4.69, 9.17) is 0 Å². The van der Waals surface area contributed by atoms with Gasteiger partial charge in [0.15, 0.2) is 5.36 Å². The van der Waals surface area contributed by atoms with E-state index in [0.717, 1.165) is 5.36 Å². The highest BCUT2D eigenvalue weighted by molar-refractivity contribution is 6.60. The third-order valence-electron chi connectivity index (χ3n) is 1.46. The summed E-state index contributed by atoms with van der Waals surface area (Å²) in [6.07, 6.45) is 0. The molecule has 1 aromatic rings. The Hall–Kier alpha value is -1.11. The fourth-order valence-electron chi connectivity index (χ4n) is 0.964. The first kappa shape index (κ1) is 5.66. The monoisotopic (exact) mass is 144 g/mol. The number of fused-ring (bicyclic) bond motifs is 1. The number of hydrogen-bond acceptors (Lipinski definition) is 1. The Morgan fingerprint density at radius 2 is 2.20 bits per heavy atom. The van der Waals surface area contributed by atoms with Gasteiger partial charge in [-0.3, -0.25) is 0 Å². The quantitative estimate of drug-likeness (QED) is 0.331. The number of rotatable bonds is 0. The van der Waals surface area contributed by atoms with Gasteiger partial charge in [0, 0.05) is 11.8 Å². The largest absolute Gasteiger partial charge is 0.272 e. The molecule has 0 bridgehead atoms. The van der Waals surface area contributed by atoms with Gasteiger partial charge in [-0.15, -0.1) is 0 Å². The Bertz CT molecular complexity index is 341. The standard InChI is InChI=1S/C8H6NSi/c1-2-4-8-7(3-1)5-10-6-9-8/h1-5,10H/q+1. The van der Waals surface area contributed by atoms with Gasteiger partial charge in [-0.05, 0) is 12.1 Å². The maximum atomic E-state index is 4.15. The molecular formula is C8H6NSi+. The maximum absolute atomic E-state index is 4.15. The lowest BCUT2D eigenvalue weighted by molar-refractivity contribution is 1.38. The van der Waals surface area contributed by atoms with Crippen LogP contribution in [0.15, 0.2) is 29.3 Å². The minimum Gasteiger partial charge on any atom is -0.0778 e. The fraction of sp³-hybridized carbons (Fsp3) is 0. The van der Waals surface area contributed by atoms with Crippen LogP contribution < -0.4 is 10.6 Å². The Morgan fingerprint density at radius 3 is 3.10 bits per heavy atom. The summed E-state index contributed by atoms with van der Waals surface area (Å²) in [6, 6.07) is 8.14. The fourth-order valence-corrected chi connectivity index (χ4v) is 1.71. The Balaban J connectivity index is 2.92. The highest BCUT2D eigenvalue weighted by Gasteiger charge is 1.95. The van der Waals surface area contributed by atoms with Crippen molar-refractivity contribution < 1.29 is 0 Å². The maximum Gasteiger partial charge on any atom is 0.272 e. The van der Waals surface area contributed by atoms with Crippen LogP contribution in [0.3, 0.4) is 0 Å². The summed E-state index contributed by atoms with van der Waals surface area (Å²) >= 11 is 0. The van der Waals surface area contributed by atoms with E-state index < -0.39 is 0 Å². The molecule has 0 aliphatic carbocycles. The van der Waals surface area contributed by atoms with Gasteiger partial charge < -0.3 is 0 Å². The molecule has 0 spiro atoms. The molecule has 1 aliphatic rings. The number of nitrogens with zero attached hydrogens (tertiary/aromatic N) is 1. The van der Waals surface area contributed by atoms with Crippen LogP contribution in [0.1, 0.15) is 0 Å². The molecule has 0 aromatic heterocycles. The summed E-state index contributed by atoms with van der Waals surface area (Å²) in [7, 11) is 0.193. The predicted molar refractivity (Wildman–Crippen MR) is 43.8 cm³/mol. The van der Waals surface area contributed by atoms with Crippen LogP contribution in [0, 0.1) is 0 Å². The van der Waals surface area contributed by atoms with E-state index in [1.165, 1.54) is 5.22 Å². The Morgan fingerprint density at radius 1 is 1.30 bits per heavy atom. The van der Waals surface area contributed by atoms with E-state index in [1.54, 1.807) is 0 Å². The van der Waals surface area contributed by atoms with Gasteiger partial charge in [0.2, 0.25) is 0 Å². The summed E-state index contributed by atoms with van der Waals surface area (Å²) in [5.74, 6) is 2.99. The molecule has 2 heteroatoms. The van der Waals surface area contributed by atoms with Crippen molar-refractivity contribution in [1.82, 2.24) is 0 Å². The second-order valence-corrected chi connectivity index (χ2v) is 3.06. The normalized spacial score (nSPS) is 12.4. The summed E-state index contributed by atoms with van der Waals surface area (Å²) in [5.41, 5.74) is 2.21. The third kappa shape index (κ3) is 0.837. The van der Waals surface area contributed by atoms with Crippen molar-refractivity contribution >= 4 is 20.6 Å². The Labute approximate surface area is 61.2 Å². The average Bonchev–Trinajstić information content (AvgIpc) is 2.05. The van der Waals surface area contributed by atoms with Gasteiger partial charge in [-0.25, -0.2) is 0 Å². The molecule has 1 aromatic carbocycles. The zero-order chi connectivity index (χ0) is 6.81. The molecule has 1 aliphatic heterocycles. The predicted octanol–water partition coefficient (Wildman–Crippen LogP) is -0.869. The lowest BCUT2D eigenvalue weighted by Crippen LogP contribution is -2.26. The highest BCUT2D eigenvalue weighted by Crippen LogP contribution is 1.72. The minimum atomic E-state index is 0.193. The molecule has 0 saturated heterocycles. The molecular weight excluding hydrogens is 138 g/mol. The van der Waals surface area contributed by atoms with Gasteiger partial charge in [0.1, 0.15) is 5.22 Å². The third-order valence-corrected chi connectivity index (χ3v) is 2.26. The molecule has 0 fully saturated rings. The van der Waals surface area contributed by atoms with Crippen LogP contribution >= 0.6 is 0 Å². The van der Waals surface area contributed by atoms with E-state index >= 15 is 0 Å². The van der Waals surface area contributed by atoms with Gasteiger partial charge >= 0.3 is 0 Å². The molecule has 10 heavy (non-hydrogen) atoms. The first-order valence-corrected chi connectivity index (χ1v) is 4.43. The van der Waals surface area contributed by atoms with Crippen molar-refractivity contribution in [3.05, 3.63) is 34.8 Å². The SMILES string of the molecule is [C+]1=[SiH]C=c2ccccc2=N1.